The van der Waals surface area contributed by atoms with Crippen molar-refractivity contribution in [2.45, 2.75) is 72.9 Å². The molecule has 7 heteroatoms. The molecule has 0 amide bonds. The molecule has 0 saturated carbocycles. The molecule has 40 heavy (non-hydrogen) atoms. The van der Waals surface area contributed by atoms with E-state index in [0.717, 1.165) is 28.6 Å². The van der Waals surface area contributed by atoms with Gasteiger partial charge in [0.2, 0.25) is 0 Å². The van der Waals surface area contributed by atoms with Gasteiger partial charge in [0.05, 0.1) is 34.5 Å². The van der Waals surface area contributed by atoms with Gasteiger partial charge in [0.1, 0.15) is 0 Å². The van der Waals surface area contributed by atoms with E-state index in [1.54, 1.807) is 4.57 Å². The number of fused-ring (bicyclic) bond motifs is 2. The maximum Gasteiger partial charge on any atom is 0.338 e. The summed E-state index contributed by atoms with van der Waals surface area (Å²) in [4.78, 5) is 32.5. The van der Waals surface area contributed by atoms with Crippen molar-refractivity contribution >= 4 is 34.3 Å². The van der Waals surface area contributed by atoms with Crippen molar-refractivity contribution in [3.8, 4) is 0 Å². The van der Waals surface area contributed by atoms with Crippen LogP contribution in [0.3, 0.4) is 0 Å². The lowest BCUT2D eigenvalue weighted by atomic mass is 9.93. The predicted molar refractivity (Wildman–Crippen MR) is 163 cm³/mol. The van der Waals surface area contributed by atoms with Crippen LogP contribution in [0, 0.1) is 13.8 Å². The molecule has 208 valence electrons. The van der Waals surface area contributed by atoms with Gasteiger partial charge < -0.3 is 9.30 Å². The highest BCUT2D eigenvalue weighted by Crippen LogP contribution is 2.34. The highest BCUT2D eigenvalue weighted by Gasteiger charge is 2.33. The van der Waals surface area contributed by atoms with Crippen molar-refractivity contribution < 1.29 is 9.53 Å². The second-order valence-corrected chi connectivity index (χ2v) is 12.0. The summed E-state index contributed by atoms with van der Waals surface area (Å²) in [5, 5.41) is 1.14. The maximum atomic E-state index is 14.2. The van der Waals surface area contributed by atoms with Gasteiger partial charge in [0, 0.05) is 22.7 Å². The van der Waals surface area contributed by atoms with Crippen LogP contribution in [0.4, 0.5) is 0 Å². The lowest BCUT2D eigenvalue weighted by molar-refractivity contribution is -0.136. The Morgan fingerprint density at radius 2 is 1.80 bits per heavy atom. The number of aryl methyl sites for hydroxylation is 1. The van der Waals surface area contributed by atoms with Crippen LogP contribution in [0.1, 0.15) is 87.0 Å². The highest BCUT2D eigenvalue weighted by atomic mass is 32.1. The molecule has 0 N–H and O–H groups in total. The number of ether oxygens (including phenoxy) is 1. The fourth-order valence-corrected chi connectivity index (χ4v) is 6.83. The second kappa shape index (κ2) is 10.7. The lowest BCUT2D eigenvalue weighted by Gasteiger charge is -2.24. The number of rotatable bonds is 6. The zero-order valence-corrected chi connectivity index (χ0v) is 25.3. The summed E-state index contributed by atoms with van der Waals surface area (Å²) < 4.78 is 9.81. The lowest BCUT2D eigenvalue weighted by Crippen LogP contribution is -2.39. The molecule has 1 aliphatic rings. The van der Waals surface area contributed by atoms with Gasteiger partial charge in [-0.2, -0.15) is 0 Å². The van der Waals surface area contributed by atoms with Gasteiger partial charge in [-0.25, -0.2) is 9.79 Å². The number of para-hydroxylation sites is 1. The van der Waals surface area contributed by atoms with Gasteiger partial charge in [0.25, 0.3) is 5.56 Å². The van der Waals surface area contributed by atoms with Crippen molar-refractivity contribution in [1.82, 2.24) is 9.13 Å². The molecule has 2 aromatic carbocycles. The minimum atomic E-state index is -0.614. The van der Waals surface area contributed by atoms with Gasteiger partial charge in [-0.05, 0) is 62.8 Å². The molecule has 2 atom stereocenters. The molecule has 1 aliphatic heterocycles. The van der Waals surface area contributed by atoms with E-state index in [-0.39, 0.29) is 5.56 Å². The Balaban J connectivity index is 1.78. The number of aromatic nitrogens is 2. The highest BCUT2D eigenvalue weighted by molar-refractivity contribution is 7.07. The van der Waals surface area contributed by atoms with Crippen LogP contribution in [0.25, 0.3) is 17.0 Å². The zero-order chi connectivity index (χ0) is 28.9. The smallest absolute Gasteiger partial charge is 0.338 e. The first kappa shape index (κ1) is 27.8. The molecule has 5 rings (SSSR count). The molecule has 0 aliphatic carbocycles. The average Bonchev–Trinajstić information content (AvgIpc) is 3.40. The van der Waals surface area contributed by atoms with Gasteiger partial charge in [-0.15, -0.1) is 0 Å². The second-order valence-electron chi connectivity index (χ2n) is 11.0. The molecule has 2 aromatic heterocycles. The average molecular weight is 556 g/mol. The Bertz CT molecular complexity index is 1830. The Kier molecular flexibility index (Phi) is 7.44. The third kappa shape index (κ3) is 4.46. The van der Waals surface area contributed by atoms with E-state index < -0.39 is 12.0 Å². The van der Waals surface area contributed by atoms with E-state index in [4.69, 9.17) is 9.73 Å². The molecule has 0 unspecified atom stereocenters. The minimum absolute atomic E-state index is 0.160. The van der Waals surface area contributed by atoms with Crippen LogP contribution in [0.5, 0.6) is 0 Å². The van der Waals surface area contributed by atoms with Crippen molar-refractivity contribution in [1.29, 1.82) is 0 Å². The first-order valence-electron chi connectivity index (χ1n) is 13.9. The summed E-state index contributed by atoms with van der Waals surface area (Å²) in [5.41, 5.74) is 7.45. The molecule has 0 bridgehead atoms. The number of hydrogen-bond acceptors (Lipinski definition) is 5. The topological polar surface area (TPSA) is 65.6 Å². The Morgan fingerprint density at radius 3 is 2.42 bits per heavy atom. The summed E-state index contributed by atoms with van der Waals surface area (Å²) in [5.74, 6) is -0.103. The number of nitrogens with zero attached hydrogens (tertiary/aromatic N) is 3. The van der Waals surface area contributed by atoms with E-state index in [1.165, 1.54) is 35.1 Å². The first-order valence-corrected chi connectivity index (χ1v) is 14.7. The molecule has 4 aromatic rings. The quantitative estimate of drug-likeness (QED) is 0.271. The maximum absolute atomic E-state index is 14.2. The van der Waals surface area contributed by atoms with Crippen LogP contribution in [0.15, 0.2) is 63.5 Å². The monoisotopic (exact) mass is 555 g/mol. The third-order valence-corrected chi connectivity index (χ3v) is 9.16. The Hall–Kier alpha value is -3.71. The number of methoxy groups -OCH3 is 1. The van der Waals surface area contributed by atoms with Crippen molar-refractivity contribution in [2.75, 3.05) is 7.11 Å². The fourth-order valence-electron chi connectivity index (χ4n) is 5.81. The van der Waals surface area contributed by atoms with Crippen molar-refractivity contribution in [2.24, 2.45) is 4.99 Å². The summed E-state index contributed by atoms with van der Waals surface area (Å²) in [6.07, 6.45) is 3.02. The van der Waals surface area contributed by atoms with E-state index in [0.29, 0.717) is 32.6 Å². The standard InChI is InChI=1S/C33H37N3O3S/c1-9-20(5)35-22(7)26(25-12-10-11-19(4)29(25)35)17-27-31(37)36-30(24-15-13-23(14-16-24)18(2)3)28(32(38)39-8)21(6)34-33(36)40-27/h10-18,20,30H,9H2,1-8H3/b27-17-/t20-,30+/m0/s1. The van der Waals surface area contributed by atoms with Gasteiger partial charge in [-0.3, -0.25) is 9.36 Å². The van der Waals surface area contributed by atoms with E-state index >= 15 is 0 Å². The minimum Gasteiger partial charge on any atom is -0.466 e. The van der Waals surface area contributed by atoms with Crippen molar-refractivity contribution in [3.63, 3.8) is 0 Å². The zero-order valence-electron chi connectivity index (χ0n) is 24.5. The van der Waals surface area contributed by atoms with Gasteiger partial charge in [0.15, 0.2) is 4.80 Å². The van der Waals surface area contributed by atoms with Crippen LogP contribution >= 0.6 is 11.3 Å². The molecule has 6 nitrogen and oxygen atoms in total. The number of thiazole rings is 1. The van der Waals surface area contributed by atoms with Crippen LogP contribution < -0.4 is 14.9 Å². The van der Waals surface area contributed by atoms with E-state index in [1.807, 2.05) is 25.1 Å². The van der Waals surface area contributed by atoms with Crippen LogP contribution in [-0.4, -0.2) is 22.2 Å². The first-order chi connectivity index (χ1) is 19.1. The predicted octanol–water partition coefficient (Wildman–Crippen LogP) is 6.07. The number of carbonyl (C=O) groups excluding carboxylic acids is 1. The van der Waals surface area contributed by atoms with Gasteiger partial charge in [-0.1, -0.05) is 74.6 Å². The molecule has 0 saturated heterocycles. The fraction of sp³-hybridized carbons (Fsp3) is 0.364. The Morgan fingerprint density at radius 1 is 1.10 bits per heavy atom. The van der Waals surface area contributed by atoms with Gasteiger partial charge >= 0.3 is 5.97 Å². The Labute approximate surface area is 239 Å². The molecular weight excluding hydrogens is 518 g/mol. The molecular formula is C33H37N3O3S. The van der Waals surface area contributed by atoms with Crippen molar-refractivity contribution in [3.05, 3.63) is 101 Å². The largest absolute Gasteiger partial charge is 0.466 e. The molecule has 0 fully saturated rings. The number of esters is 1. The third-order valence-electron chi connectivity index (χ3n) is 8.17. The van der Waals surface area contributed by atoms with E-state index in [2.05, 4.69) is 76.4 Å². The SMILES string of the molecule is CC[C@H](C)n1c(C)c(/C=c2\sc3n(c2=O)[C@H](c2ccc(C(C)C)cc2)C(C(=O)OC)=C(C)N=3)c2cccc(C)c21. The molecule has 0 radical (unpaired) electrons. The van der Waals surface area contributed by atoms with Crippen LogP contribution in [-0.2, 0) is 9.53 Å². The molecule has 0 spiro atoms. The summed E-state index contributed by atoms with van der Waals surface area (Å²) >= 11 is 1.37. The summed E-state index contributed by atoms with van der Waals surface area (Å²) in [7, 11) is 1.37. The number of hydrogen-bond donors (Lipinski definition) is 0. The number of carbonyl (C=O) groups is 1. The summed E-state index contributed by atoms with van der Waals surface area (Å²) in [6, 6.07) is 14.2. The number of allylic oxidation sites excluding steroid dienone is 1. The summed E-state index contributed by atoms with van der Waals surface area (Å²) in [6.45, 7) is 14.8. The number of benzene rings is 2. The molecule has 3 heterocycles. The van der Waals surface area contributed by atoms with Crippen LogP contribution in [0.2, 0.25) is 0 Å². The van der Waals surface area contributed by atoms with E-state index in [9.17, 15) is 9.59 Å². The normalized spacial score (nSPS) is 16.4.